The van der Waals surface area contributed by atoms with Gasteiger partial charge in [-0.3, -0.25) is 19.4 Å². The number of carbonyl (C=O) groups is 3. The van der Waals surface area contributed by atoms with Crippen LogP contribution < -0.4 is 5.73 Å². The topological polar surface area (TPSA) is 113 Å². The Hall–Kier alpha value is -3.52. The van der Waals surface area contributed by atoms with Gasteiger partial charge >= 0.3 is 5.97 Å². The third-order valence-corrected chi connectivity index (χ3v) is 9.95. The van der Waals surface area contributed by atoms with Crippen molar-refractivity contribution in [2.24, 2.45) is 22.1 Å². The van der Waals surface area contributed by atoms with Crippen molar-refractivity contribution in [2.45, 2.75) is 90.8 Å². The van der Waals surface area contributed by atoms with Crippen LogP contribution in [-0.4, -0.2) is 46.1 Å². The number of rotatable bonds is 10. The van der Waals surface area contributed by atoms with Gasteiger partial charge in [-0.2, -0.15) is 0 Å². The molecular formula is C39H47Cl2N3O4. The van der Waals surface area contributed by atoms with E-state index in [-0.39, 0.29) is 30.3 Å². The Balaban J connectivity index is 0.000000794. The van der Waals surface area contributed by atoms with Crippen molar-refractivity contribution in [3.05, 3.63) is 93.5 Å². The number of amides is 1. The van der Waals surface area contributed by atoms with Crippen molar-refractivity contribution in [3.63, 3.8) is 0 Å². The van der Waals surface area contributed by atoms with E-state index in [1.165, 1.54) is 0 Å². The first-order valence-corrected chi connectivity index (χ1v) is 17.5. The van der Waals surface area contributed by atoms with Gasteiger partial charge in [0.2, 0.25) is 0 Å². The highest BCUT2D eigenvalue weighted by Crippen LogP contribution is 2.50. The molecule has 1 unspecified atom stereocenters. The van der Waals surface area contributed by atoms with Crippen LogP contribution in [0.1, 0.15) is 107 Å². The number of unbranched alkanes of at least 4 members (excludes halogenated alkanes) is 1. The number of aliphatic imine (C=N–C) groups is 1. The zero-order valence-electron chi connectivity index (χ0n) is 28.3. The minimum Gasteiger partial charge on any atom is -0.481 e. The van der Waals surface area contributed by atoms with Crippen LogP contribution in [0.4, 0.5) is 0 Å². The molecule has 3 N–H and O–H groups in total. The molecule has 1 fully saturated rings. The molecule has 0 aromatic heterocycles. The molecule has 5 rings (SSSR count). The highest BCUT2D eigenvalue weighted by molar-refractivity contribution is 6.46. The summed E-state index contributed by atoms with van der Waals surface area (Å²) in [5.74, 6) is -0.259. The maximum atomic E-state index is 14.5. The molecule has 3 aromatic rings. The van der Waals surface area contributed by atoms with E-state index in [0.717, 1.165) is 73.5 Å². The maximum Gasteiger partial charge on any atom is 0.304 e. The fourth-order valence-electron chi connectivity index (χ4n) is 6.83. The van der Waals surface area contributed by atoms with Gasteiger partial charge in [-0.15, -0.1) is 0 Å². The number of carboxylic acid groups (broad SMARTS) is 1. The molecule has 256 valence electrons. The molecule has 0 bridgehead atoms. The molecule has 48 heavy (non-hydrogen) atoms. The van der Waals surface area contributed by atoms with E-state index in [9.17, 15) is 14.4 Å². The summed E-state index contributed by atoms with van der Waals surface area (Å²) >= 11 is 12.5. The Bertz CT molecular complexity index is 1590. The molecule has 2 aliphatic rings. The molecule has 1 aliphatic carbocycles. The fourth-order valence-corrected chi connectivity index (χ4v) is 7.36. The lowest BCUT2D eigenvalue weighted by Gasteiger charge is -2.47. The summed E-state index contributed by atoms with van der Waals surface area (Å²) in [5.41, 5.74) is 9.44. The van der Waals surface area contributed by atoms with Crippen molar-refractivity contribution in [1.29, 1.82) is 0 Å². The van der Waals surface area contributed by atoms with Crippen LogP contribution in [0.15, 0.2) is 71.7 Å². The lowest BCUT2D eigenvalue weighted by Crippen LogP contribution is -2.51. The zero-order valence-corrected chi connectivity index (χ0v) is 29.9. The first-order valence-electron chi connectivity index (χ1n) is 16.8. The number of hydrogen-bond acceptors (Lipinski definition) is 5. The largest absolute Gasteiger partial charge is 0.481 e. The molecule has 3 aromatic carbocycles. The van der Waals surface area contributed by atoms with Crippen LogP contribution in [0.3, 0.4) is 0 Å². The number of carbonyl (C=O) groups excluding carboxylic acids is 2. The Morgan fingerprint density at radius 1 is 1.00 bits per heavy atom. The van der Waals surface area contributed by atoms with Crippen LogP contribution >= 0.6 is 23.2 Å². The number of carboxylic acids is 1. The molecule has 1 atom stereocenters. The van der Waals surface area contributed by atoms with Gasteiger partial charge in [0.05, 0.1) is 12.5 Å². The normalized spacial score (nSPS) is 19.8. The van der Waals surface area contributed by atoms with Gasteiger partial charge < -0.3 is 15.7 Å². The molecule has 1 spiro atoms. The molecular weight excluding hydrogens is 645 g/mol. The molecule has 1 heterocycles. The van der Waals surface area contributed by atoms with E-state index in [1.54, 1.807) is 6.07 Å². The molecule has 1 aliphatic heterocycles. The van der Waals surface area contributed by atoms with Crippen LogP contribution in [0, 0.1) is 11.3 Å². The maximum absolute atomic E-state index is 14.5. The molecule has 9 heteroatoms. The van der Waals surface area contributed by atoms with Gasteiger partial charge in [0, 0.05) is 27.7 Å². The average molecular weight is 693 g/mol. The predicted molar refractivity (Wildman–Crippen MR) is 195 cm³/mol. The first-order chi connectivity index (χ1) is 22.8. The van der Waals surface area contributed by atoms with E-state index in [1.807, 2.05) is 60.7 Å². The number of hydrogen-bond donors (Lipinski definition) is 2. The molecule has 1 amide bonds. The van der Waals surface area contributed by atoms with Crippen molar-refractivity contribution < 1.29 is 19.5 Å². The van der Waals surface area contributed by atoms with Crippen LogP contribution in [0.2, 0.25) is 10.0 Å². The standard InChI is InChI=1S/C36H40Cl2N2O2.C3H7NO2/c1-5-6-7-32(26-10-8-24(23-41)9-11-26)40-34(42)33(39-36(40)18-16-29(17-19-36)35(2,3)4)27-14-12-25(13-15-27)28-20-30(37)22-31(38)21-28;4-2-1-3(5)6/h8-15,20-23,29,32H,5-7,16-19H2,1-4H3;1-2,4H2,(H,5,6). The van der Waals surface area contributed by atoms with E-state index >= 15 is 0 Å². The van der Waals surface area contributed by atoms with Crippen molar-refractivity contribution in [2.75, 3.05) is 6.54 Å². The minimum atomic E-state index is -0.836. The number of aldehydes is 1. The molecule has 0 saturated heterocycles. The number of benzene rings is 3. The third kappa shape index (κ3) is 8.93. The average Bonchev–Trinajstić information content (AvgIpc) is 3.32. The van der Waals surface area contributed by atoms with Crippen LogP contribution in [-0.2, 0) is 9.59 Å². The highest BCUT2D eigenvalue weighted by atomic mass is 35.5. The fraction of sp³-hybridized carbons (Fsp3) is 0.436. The lowest BCUT2D eigenvalue weighted by atomic mass is 9.69. The van der Waals surface area contributed by atoms with Gasteiger partial charge in [-0.05, 0) is 78.3 Å². The number of aliphatic carboxylic acids is 1. The van der Waals surface area contributed by atoms with Gasteiger partial charge in [-0.1, -0.05) is 112 Å². The minimum absolute atomic E-state index is 0.0108. The van der Waals surface area contributed by atoms with Gasteiger partial charge in [-0.25, -0.2) is 0 Å². The van der Waals surface area contributed by atoms with Crippen LogP contribution in [0.25, 0.3) is 11.1 Å². The van der Waals surface area contributed by atoms with E-state index in [0.29, 0.717) is 27.2 Å². The second-order valence-electron chi connectivity index (χ2n) is 13.9. The smallest absolute Gasteiger partial charge is 0.304 e. The predicted octanol–water partition coefficient (Wildman–Crippen LogP) is 9.39. The lowest BCUT2D eigenvalue weighted by molar-refractivity contribution is -0.137. The van der Waals surface area contributed by atoms with E-state index < -0.39 is 11.6 Å². The SMILES string of the molecule is CCCCC(c1ccc(C=O)cc1)N1C(=O)C(c2ccc(-c3cc(Cl)cc(Cl)c3)cc2)=NC12CCC(C(C)(C)C)CC2.NCCC(=O)O. The quantitative estimate of drug-likeness (QED) is 0.206. The first kappa shape index (κ1) is 37.3. The van der Waals surface area contributed by atoms with E-state index in [2.05, 4.69) is 32.6 Å². The summed E-state index contributed by atoms with van der Waals surface area (Å²) in [4.78, 5) is 42.9. The van der Waals surface area contributed by atoms with Crippen LogP contribution in [0.5, 0.6) is 0 Å². The third-order valence-electron chi connectivity index (χ3n) is 9.51. The Morgan fingerprint density at radius 2 is 1.58 bits per heavy atom. The summed E-state index contributed by atoms with van der Waals surface area (Å²) in [7, 11) is 0. The number of halogens is 2. The second kappa shape index (κ2) is 16.3. The van der Waals surface area contributed by atoms with E-state index in [4.69, 9.17) is 39.0 Å². The Labute approximate surface area is 294 Å². The monoisotopic (exact) mass is 691 g/mol. The summed E-state index contributed by atoms with van der Waals surface area (Å²) in [6.07, 6.45) is 7.57. The number of nitrogens with zero attached hydrogens (tertiary/aromatic N) is 2. The number of nitrogens with two attached hydrogens (primary N) is 1. The zero-order chi connectivity index (χ0) is 35.1. The molecule has 1 saturated carbocycles. The molecule has 7 nitrogen and oxygen atoms in total. The Kier molecular flexibility index (Phi) is 12.6. The summed E-state index contributed by atoms with van der Waals surface area (Å²) in [5, 5.41) is 9.00. The van der Waals surface area contributed by atoms with Gasteiger partial charge in [0.25, 0.3) is 5.91 Å². The highest BCUT2D eigenvalue weighted by Gasteiger charge is 2.52. The van der Waals surface area contributed by atoms with Crippen molar-refractivity contribution in [3.8, 4) is 11.1 Å². The van der Waals surface area contributed by atoms with Crippen molar-refractivity contribution >= 4 is 47.1 Å². The molecule has 0 radical (unpaired) electrons. The summed E-state index contributed by atoms with van der Waals surface area (Å²) < 4.78 is 0. The van der Waals surface area contributed by atoms with Crippen molar-refractivity contribution in [1.82, 2.24) is 4.90 Å². The van der Waals surface area contributed by atoms with Gasteiger partial charge in [0.1, 0.15) is 17.7 Å². The summed E-state index contributed by atoms with van der Waals surface area (Å²) in [6, 6.07) is 21.1. The van der Waals surface area contributed by atoms with Gasteiger partial charge in [0.15, 0.2) is 0 Å². The second-order valence-corrected chi connectivity index (χ2v) is 14.7. The summed E-state index contributed by atoms with van der Waals surface area (Å²) in [6.45, 7) is 9.36. The Morgan fingerprint density at radius 3 is 2.06 bits per heavy atom.